The molecule has 0 aliphatic carbocycles. The predicted octanol–water partition coefficient (Wildman–Crippen LogP) is 9.21. The molecule has 5 nitrogen and oxygen atoms in total. The lowest BCUT2D eigenvalue weighted by Gasteiger charge is -2.43. The molecule has 4 aromatic carbocycles. The molecule has 0 saturated heterocycles. The fourth-order valence-corrected chi connectivity index (χ4v) is 10.9. The van der Waals surface area contributed by atoms with Gasteiger partial charge in [0.05, 0.1) is 21.3 Å². The molecule has 0 spiro atoms. The number of hydrogen-bond donors (Lipinski definition) is 0. The average molecular weight is 655 g/mol. The molecule has 46 heavy (non-hydrogen) atoms. The summed E-state index contributed by atoms with van der Waals surface area (Å²) in [7, 11) is 0.0411. The molecule has 0 aliphatic heterocycles. The highest BCUT2D eigenvalue weighted by Gasteiger charge is 2.53. The summed E-state index contributed by atoms with van der Waals surface area (Å²) in [6.07, 6.45) is 4.12. The van der Waals surface area contributed by atoms with Gasteiger partial charge in [0.15, 0.2) is 23.0 Å². The molecule has 0 aromatic heterocycles. The van der Waals surface area contributed by atoms with Gasteiger partial charge in [-0.05, 0) is 68.9 Å². The molecule has 0 radical (unpaired) electrons. The van der Waals surface area contributed by atoms with Crippen molar-refractivity contribution in [3.8, 4) is 28.7 Å². The smallest absolute Gasteiger partial charge is 0.320 e. The summed E-state index contributed by atoms with van der Waals surface area (Å²) in [5, 5.41) is 2.20. The van der Waals surface area contributed by atoms with E-state index in [9.17, 15) is 0 Å². The van der Waals surface area contributed by atoms with Crippen molar-refractivity contribution in [1.29, 1.82) is 0 Å². The second-order valence-electron chi connectivity index (χ2n) is 14.1. The minimum atomic E-state index is -2.92. The van der Waals surface area contributed by atoms with Crippen LogP contribution in [0.4, 0.5) is 0 Å². The SMILES string of the molecule is COc1ccc(/C=C\c2cc(OC)c(O[Si](c3ccccc3)(c3ccccc3)C(C)(C)C)c(OC)c2)cc1O[Si](C)(C)C(C)(C)C. The first-order chi connectivity index (χ1) is 21.7. The number of ether oxygens (including phenoxy) is 3. The van der Waals surface area contributed by atoms with E-state index < -0.39 is 16.6 Å². The molecule has 0 N–H and O–H groups in total. The number of rotatable bonds is 11. The van der Waals surface area contributed by atoms with Gasteiger partial charge in [-0.3, -0.25) is 0 Å². The van der Waals surface area contributed by atoms with Crippen molar-refractivity contribution in [1.82, 2.24) is 0 Å². The van der Waals surface area contributed by atoms with Crippen molar-refractivity contribution >= 4 is 39.2 Å². The van der Waals surface area contributed by atoms with Crippen LogP contribution in [0.15, 0.2) is 91.0 Å². The van der Waals surface area contributed by atoms with Gasteiger partial charge in [0.1, 0.15) is 5.75 Å². The molecular formula is C39H50O5Si2. The van der Waals surface area contributed by atoms with Gasteiger partial charge in [0.2, 0.25) is 0 Å². The Kier molecular flexibility index (Phi) is 10.5. The van der Waals surface area contributed by atoms with Crippen LogP contribution in [0.1, 0.15) is 52.7 Å². The first kappa shape index (κ1) is 34.9. The fraction of sp³-hybridized carbons (Fsp3) is 0.333. The van der Waals surface area contributed by atoms with Gasteiger partial charge in [-0.1, -0.05) is 120 Å². The van der Waals surface area contributed by atoms with Crippen LogP contribution in [0.3, 0.4) is 0 Å². The highest BCUT2D eigenvalue weighted by molar-refractivity contribution is 7.00. The molecule has 0 unspecified atom stereocenters. The standard InChI is InChI=1S/C39H50O5Si2/c1-38(2,3)45(10,11)43-34-26-29(24-25-33(34)40-7)22-23-30-27-35(41-8)37(36(28-30)42-9)44-46(39(4,5)6,31-18-14-12-15-19-31)32-20-16-13-17-21-32/h12-28H,1-11H3/b23-22-. The Hall–Kier alpha value is -3.95. The van der Waals surface area contributed by atoms with Gasteiger partial charge >= 0.3 is 8.32 Å². The lowest BCUT2D eigenvalue weighted by molar-refractivity contribution is 0.357. The molecule has 0 atom stereocenters. The second kappa shape index (κ2) is 13.8. The fourth-order valence-electron chi connectivity index (χ4n) is 5.40. The minimum Gasteiger partial charge on any atom is -0.541 e. The van der Waals surface area contributed by atoms with Crippen molar-refractivity contribution in [3.63, 3.8) is 0 Å². The highest BCUT2D eigenvalue weighted by atomic mass is 28.4. The molecule has 0 bridgehead atoms. The third-order valence-corrected chi connectivity index (χ3v) is 18.2. The Morgan fingerprint density at radius 2 is 0.957 bits per heavy atom. The first-order valence-electron chi connectivity index (χ1n) is 15.8. The minimum absolute atomic E-state index is 0.0647. The van der Waals surface area contributed by atoms with E-state index in [1.165, 1.54) is 10.4 Å². The Balaban J connectivity index is 1.78. The summed E-state index contributed by atoms with van der Waals surface area (Å²) in [6, 6.07) is 31.2. The summed E-state index contributed by atoms with van der Waals surface area (Å²) < 4.78 is 31.6. The second-order valence-corrected chi connectivity index (χ2v) is 23.1. The zero-order valence-electron chi connectivity index (χ0n) is 29.4. The summed E-state index contributed by atoms with van der Waals surface area (Å²) in [6.45, 7) is 18.0. The van der Waals surface area contributed by atoms with Crippen LogP contribution < -0.4 is 33.4 Å². The van der Waals surface area contributed by atoms with Gasteiger partial charge in [-0.15, -0.1) is 0 Å². The predicted molar refractivity (Wildman–Crippen MR) is 198 cm³/mol. The zero-order valence-corrected chi connectivity index (χ0v) is 31.4. The molecule has 0 saturated carbocycles. The first-order valence-corrected chi connectivity index (χ1v) is 20.6. The van der Waals surface area contributed by atoms with Crippen LogP contribution >= 0.6 is 0 Å². The van der Waals surface area contributed by atoms with Crippen LogP contribution in [0.5, 0.6) is 28.7 Å². The van der Waals surface area contributed by atoms with E-state index in [0.717, 1.165) is 22.6 Å². The Morgan fingerprint density at radius 3 is 1.39 bits per heavy atom. The summed E-state index contributed by atoms with van der Waals surface area (Å²) >= 11 is 0. The van der Waals surface area contributed by atoms with Gasteiger partial charge in [-0.2, -0.15) is 0 Å². The maximum Gasteiger partial charge on any atom is 0.320 e. The molecule has 4 aromatic rings. The lowest BCUT2D eigenvalue weighted by Crippen LogP contribution is -2.68. The highest BCUT2D eigenvalue weighted by Crippen LogP contribution is 2.45. The lowest BCUT2D eigenvalue weighted by atomic mass is 10.1. The number of benzene rings is 4. The summed E-state index contributed by atoms with van der Waals surface area (Å²) in [4.78, 5) is 0. The number of hydrogen-bond acceptors (Lipinski definition) is 5. The van der Waals surface area contributed by atoms with Crippen LogP contribution in [-0.4, -0.2) is 38.0 Å². The largest absolute Gasteiger partial charge is 0.541 e. The van der Waals surface area contributed by atoms with E-state index in [0.29, 0.717) is 17.2 Å². The maximum atomic E-state index is 7.35. The van der Waals surface area contributed by atoms with Gasteiger partial charge < -0.3 is 23.1 Å². The third kappa shape index (κ3) is 7.21. The van der Waals surface area contributed by atoms with Gasteiger partial charge in [0.25, 0.3) is 8.32 Å². The normalized spacial score (nSPS) is 12.6. The summed E-state index contributed by atoms with van der Waals surface area (Å²) in [5.74, 6) is 3.33. The van der Waals surface area contributed by atoms with Crippen LogP contribution in [0.2, 0.25) is 23.2 Å². The quantitative estimate of drug-likeness (QED) is 0.119. The average Bonchev–Trinajstić information content (AvgIpc) is 3.02. The molecule has 4 rings (SSSR count). The van der Waals surface area contributed by atoms with E-state index in [4.69, 9.17) is 23.1 Å². The van der Waals surface area contributed by atoms with E-state index >= 15 is 0 Å². The number of methoxy groups -OCH3 is 3. The Bertz CT molecular complexity index is 1570. The zero-order chi connectivity index (χ0) is 33.8. The van der Waals surface area contributed by atoms with Crippen LogP contribution in [0, 0.1) is 0 Å². The molecule has 7 heteroatoms. The molecule has 0 aliphatic rings. The van der Waals surface area contributed by atoms with E-state index in [-0.39, 0.29) is 10.1 Å². The molecule has 244 valence electrons. The monoisotopic (exact) mass is 654 g/mol. The van der Waals surface area contributed by atoms with Crippen LogP contribution in [-0.2, 0) is 0 Å². The molecule has 0 amide bonds. The van der Waals surface area contributed by atoms with Crippen molar-refractivity contribution < 1.29 is 23.1 Å². The molecular weight excluding hydrogens is 605 g/mol. The molecule has 0 fully saturated rings. The third-order valence-electron chi connectivity index (χ3n) is 8.98. The van der Waals surface area contributed by atoms with E-state index in [1.54, 1.807) is 21.3 Å². The van der Waals surface area contributed by atoms with E-state index in [2.05, 4.69) is 115 Å². The van der Waals surface area contributed by atoms with Crippen molar-refractivity contribution in [2.24, 2.45) is 0 Å². The Morgan fingerprint density at radius 1 is 0.500 bits per heavy atom. The van der Waals surface area contributed by atoms with E-state index in [1.807, 2.05) is 42.5 Å². The van der Waals surface area contributed by atoms with Crippen molar-refractivity contribution in [3.05, 3.63) is 102 Å². The topological polar surface area (TPSA) is 46.2 Å². The Labute approximate surface area is 278 Å². The maximum absolute atomic E-state index is 7.35. The van der Waals surface area contributed by atoms with Crippen LogP contribution in [0.25, 0.3) is 12.2 Å². The van der Waals surface area contributed by atoms with Gasteiger partial charge in [-0.25, -0.2) is 0 Å². The van der Waals surface area contributed by atoms with Crippen molar-refractivity contribution in [2.45, 2.75) is 64.7 Å². The molecule has 0 heterocycles. The van der Waals surface area contributed by atoms with Crippen molar-refractivity contribution in [2.75, 3.05) is 21.3 Å². The van der Waals surface area contributed by atoms with Gasteiger partial charge in [0, 0.05) is 0 Å². The summed E-state index contributed by atoms with van der Waals surface area (Å²) in [5.41, 5.74) is 1.92.